The van der Waals surface area contributed by atoms with E-state index in [1.54, 1.807) is 0 Å². The monoisotopic (exact) mass is 468 g/mol. The van der Waals surface area contributed by atoms with Gasteiger partial charge in [-0.2, -0.15) is 0 Å². The lowest BCUT2D eigenvalue weighted by Gasteiger charge is -2.23. The molecule has 0 rings (SSSR count). The molecule has 1 N–H and O–H groups in total. The van der Waals surface area contributed by atoms with E-state index in [2.05, 4.69) is 20.1 Å². The highest BCUT2D eigenvalue weighted by atomic mass is 16.6. The van der Waals surface area contributed by atoms with Gasteiger partial charge in [0.2, 0.25) is 0 Å². The van der Waals surface area contributed by atoms with Gasteiger partial charge < -0.3 is 19.3 Å². The first kappa shape index (κ1) is 30.9. The molecular formula is C26H44O7. The molecule has 0 aromatic heterocycles. The zero-order chi connectivity index (χ0) is 24.7. The lowest BCUT2D eigenvalue weighted by atomic mass is 9.99. The summed E-state index contributed by atoms with van der Waals surface area (Å²) in [5, 5.41) is 10.5. The number of hydrogen-bond donors (Lipinski definition) is 1. The minimum Gasteiger partial charge on any atom is -0.462 e. The molecule has 0 bridgehead atoms. The van der Waals surface area contributed by atoms with Crippen LogP contribution in [0.3, 0.4) is 0 Å². The Balaban J connectivity index is 3.96. The van der Waals surface area contributed by atoms with Crippen LogP contribution in [0.4, 0.5) is 0 Å². The van der Waals surface area contributed by atoms with Crippen LogP contribution in [0.1, 0.15) is 96.8 Å². The van der Waals surface area contributed by atoms with Crippen LogP contribution in [0.15, 0.2) is 25.3 Å². The summed E-state index contributed by atoms with van der Waals surface area (Å²) in [6.07, 6.45) is 13.8. The summed E-state index contributed by atoms with van der Waals surface area (Å²) in [6.45, 7) is 8.98. The number of carbonyl (C=O) groups is 3. The molecule has 7 nitrogen and oxygen atoms in total. The largest absolute Gasteiger partial charge is 0.462 e. The first-order chi connectivity index (χ1) is 15.9. The number of ether oxygens (including phenoxy) is 3. The molecule has 33 heavy (non-hydrogen) atoms. The van der Waals surface area contributed by atoms with Crippen LogP contribution in [-0.4, -0.2) is 48.4 Å². The highest BCUT2D eigenvalue weighted by Crippen LogP contribution is 2.18. The van der Waals surface area contributed by atoms with Gasteiger partial charge in [0, 0.05) is 18.6 Å². The van der Waals surface area contributed by atoms with E-state index in [1.165, 1.54) is 25.7 Å². The summed E-state index contributed by atoms with van der Waals surface area (Å²) in [6, 6.07) is 0. The maximum Gasteiger partial charge on any atom is 0.330 e. The molecule has 0 radical (unpaired) electrons. The van der Waals surface area contributed by atoms with Crippen molar-refractivity contribution in [1.29, 1.82) is 0 Å². The van der Waals surface area contributed by atoms with E-state index in [0.717, 1.165) is 57.1 Å². The van der Waals surface area contributed by atoms with Crippen molar-refractivity contribution in [2.24, 2.45) is 0 Å². The first-order valence-electron chi connectivity index (χ1n) is 12.4. The van der Waals surface area contributed by atoms with E-state index in [0.29, 0.717) is 19.3 Å². The second-order valence-electron chi connectivity index (χ2n) is 8.20. The van der Waals surface area contributed by atoms with Crippen LogP contribution in [0.25, 0.3) is 0 Å². The predicted molar refractivity (Wildman–Crippen MR) is 129 cm³/mol. The number of rotatable bonds is 22. The maximum absolute atomic E-state index is 11.6. The molecule has 0 saturated carbocycles. The molecule has 0 aromatic carbocycles. The summed E-state index contributed by atoms with van der Waals surface area (Å²) in [5.41, 5.74) is 0. The van der Waals surface area contributed by atoms with Crippen LogP contribution in [0.5, 0.6) is 0 Å². The van der Waals surface area contributed by atoms with Gasteiger partial charge in [-0.15, -0.1) is 0 Å². The molecule has 0 aliphatic heterocycles. The standard InChI is InChI=1S/C26H44O7/c1-4-7-8-9-11-14-17-22(27)23(33-25(29)6-3)18-15-12-10-13-16-19-26(30)32-21-20-31-24(28)5-2/h5-6,22-23,27H,2-4,7-21H2,1H3. The second-order valence-corrected chi connectivity index (χ2v) is 8.20. The Kier molecular flexibility index (Phi) is 20.3. The fourth-order valence-corrected chi connectivity index (χ4v) is 3.42. The van der Waals surface area contributed by atoms with Gasteiger partial charge in [-0.25, -0.2) is 9.59 Å². The van der Waals surface area contributed by atoms with Crippen molar-refractivity contribution < 1.29 is 33.7 Å². The number of aliphatic hydroxyl groups is 1. The molecular weight excluding hydrogens is 424 g/mol. The molecule has 0 aliphatic carbocycles. The van der Waals surface area contributed by atoms with Crippen molar-refractivity contribution in [2.45, 2.75) is 109 Å². The van der Waals surface area contributed by atoms with Gasteiger partial charge in [0.25, 0.3) is 0 Å². The van der Waals surface area contributed by atoms with Crippen LogP contribution < -0.4 is 0 Å². The van der Waals surface area contributed by atoms with E-state index in [4.69, 9.17) is 14.2 Å². The van der Waals surface area contributed by atoms with Crippen LogP contribution in [-0.2, 0) is 28.6 Å². The van der Waals surface area contributed by atoms with Gasteiger partial charge in [0.1, 0.15) is 19.3 Å². The van der Waals surface area contributed by atoms with Gasteiger partial charge in [-0.05, 0) is 25.7 Å². The Morgan fingerprint density at radius 3 is 1.94 bits per heavy atom. The average molecular weight is 469 g/mol. The summed E-state index contributed by atoms with van der Waals surface area (Å²) in [4.78, 5) is 34.1. The minimum atomic E-state index is -0.652. The van der Waals surface area contributed by atoms with E-state index in [9.17, 15) is 19.5 Å². The van der Waals surface area contributed by atoms with Gasteiger partial charge in [-0.1, -0.05) is 77.9 Å². The number of esters is 3. The minimum absolute atomic E-state index is 0.0267. The van der Waals surface area contributed by atoms with Crippen molar-refractivity contribution in [3.63, 3.8) is 0 Å². The fraction of sp³-hybridized carbons (Fsp3) is 0.731. The van der Waals surface area contributed by atoms with Crippen molar-refractivity contribution in [1.82, 2.24) is 0 Å². The quantitative estimate of drug-likeness (QED) is 0.101. The highest BCUT2D eigenvalue weighted by molar-refractivity contribution is 5.81. The zero-order valence-electron chi connectivity index (χ0n) is 20.4. The Bertz CT molecular complexity index is 559. The molecule has 190 valence electrons. The van der Waals surface area contributed by atoms with Crippen LogP contribution in [0, 0.1) is 0 Å². The first-order valence-corrected chi connectivity index (χ1v) is 12.4. The maximum atomic E-state index is 11.6. The molecule has 0 saturated heterocycles. The average Bonchev–Trinajstić information content (AvgIpc) is 2.81. The third kappa shape index (κ3) is 19.1. The Morgan fingerprint density at radius 2 is 1.30 bits per heavy atom. The van der Waals surface area contributed by atoms with E-state index >= 15 is 0 Å². The Labute approximate surface area is 199 Å². The molecule has 0 spiro atoms. The van der Waals surface area contributed by atoms with Gasteiger partial charge in [-0.3, -0.25) is 4.79 Å². The molecule has 0 heterocycles. The topological polar surface area (TPSA) is 99.1 Å². The third-order valence-corrected chi connectivity index (χ3v) is 5.34. The lowest BCUT2D eigenvalue weighted by Crippen LogP contribution is -2.31. The molecule has 2 atom stereocenters. The van der Waals surface area contributed by atoms with Crippen molar-refractivity contribution in [3.8, 4) is 0 Å². The van der Waals surface area contributed by atoms with Gasteiger partial charge in [0.05, 0.1) is 6.10 Å². The SMILES string of the molecule is C=CC(=O)OCCOC(=O)CCCCCCCC(OC(=O)C=C)C(O)CCCCCCCC. The van der Waals surface area contributed by atoms with Crippen molar-refractivity contribution >= 4 is 17.9 Å². The molecule has 2 unspecified atom stereocenters. The number of unbranched alkanes of at least 4 members (excludes halogenated alkanes) is 9. The number of aliphatic hydroxyl groups excluding tert-OH is 1. The number of hydrogen-bond acceptors (Lipinski definition) is 7. The van der Waals surface area contributed by atoms with Gasteiger partial charge >= 0.3 is 17.9 Å². The normalized spacial score (nSPS) is 12.4. The summed E-state index contributed by atoms with van der Waals surface area (Å²) in [7, 11) is 0. The summed E-state index contributed by atoms with van der Waals surface area (Å²) in [5.74, 6) is -1.35. The smallest absolute Gasteiger partial charge is 0.330 e. The van der Waals surface area contributed by atoms with Crippen LogP contribution >= 0.6 is 0 Å². The molecule has 0 fully saturated rings. The molecule has 7 heteroatoms. The third-order valence-electron chi connectivity index (χ3n) is 5.34. The molecule has 0 aliphatic rings. The number of carbonyl (C=O) groups excluding carboxylic acids is 3. The Morgan fingerprint density at radius 1 is 0.758 bits per heavy atom. The van der Waals surface area contributed by atoms with E-state index in [1.807, 2.05) is 0 Å². The van der Waals surface area contributed by atoms with Crippen molar-refractivity contribution in [3.05, 3.63) is 25.3 Å². The predicted octanol–water partition coefficient (Wildman–Crippen LogP) is 5.20. The second kappa shape index (κ2) is 21.7. The van der Waals surface area contributed by atoms with E-state index in [-0.39, 0.29) is 19.2 Å². The summed E-state index contributed by atoms with van der Waals surface area (Å²) < 4.78 is 15.1. The molecule has 0 amide bonds. The summed E-state index contributed by atoms with van der Waals surface area (Å²) >= 11 is 0. The zero-order valence-corrected chi connectivity index (χ0v) is 20.4. The van der Waals surface area contributed by atoms with Gasteiger partial charge in [0.15, 0.2) is 0 Å². The van der Waals surface area contributed by atoms with Crippen molar-refractivity contribution in [2.75, 3.05) is 13.2 Å². The Hall–Kier alpha value is -2.15. The highest BCUT2D eigenvalue weighted by Gasteiger charge is 2.21. The fourth-order valence-electron chi connectivity index (χ4n) is 3.42. The van der Waals surface area contributed by atoms with E-state index < -0.39 is 24.1 Å². The molecule has 0 aromatic rings. The lowest BCUT2D eigenvalue weighted by molar-refractivity contribution is -0.150. The van der Waals surface area contributed by atoms with Crippen LogP contribution in [0.2, 0.25) is 0 Å².